The molecule has 31 heavy (non-hydrogen) atoms. The van der Waals surface area contributed by atoms with Gasteiger partial charge in [0.1, 0.15) is 5.69 Å². The van der Waals surface area contributed by atoms with Crippen molar-refractivity contribution < 1.29 is 9.59 Å². The zero-order chi connectivity index (χ0) is 21.6. The van der Waals surface area contributed by atoms with E-state index in [9.17, 15) is 9.59 Å². The molecule has 0 bridgehead atoms. The minimum absolute atomic E-state index is 0.446. The predicted octanol–water partition coefficient (Wildman–Crippen LogP) is 6.79. The Labute approximate surface area is 188 Å². The lowest BCUT2D eigenvalue weighted by molar-refractivity contribution is -0.113. The average molecular weight is 433 g/mol. The summed E-state index contributed by atoms with van der Waals surface area (Å²) < 4.78 is 1.88. The number of hydrogen-bond acceptors (Lipinski definition) is 3. The average Bonchev–Trinajstić information content (AvgIpc) is 3.33. The molecule has 0 atom stereocenters. The number of fused-ring (bicyclic) bond motifs is 1. The molecule has 0 saturated heterocycles. The van der Waals surface area contributed by atoms with Gasteiger partial charge in [-0.05, 0) is 42.5 Å². The van der Waals surface area contributed by atoms with Gasteiger partial charge in [0.15, 0.2) is 0 Å². The molecule has 0 radical (unpaired) electrons. The third-order valence-corrected chi connectivity index (χ3v) is 6.76. The van der Waals surface area contributed by atoms with E-state index in [0.717, 1.165) is 16.3 Å². The van der Waals surface area contributed by atoms with Crippen LogP contribution in [0.4, 0.5) is 11.4 Å². The van der Waals surface area contributed by atoms with Crippen molar-refractivity contribution >= 4 is 34.8 Å². The molecule has 1 aliphatic rings. The molecular formula is C26H28N2O2S. The Hall–Kier alpha value is -2.79. The van der Waals surface area contributed by atoms with Gasteiger partial charge in [0.05, 0.1) is 11.4 Å². The van der Waals surface area contributed by atoms with E-state index in [1.54, 1.807) is 0 Å². The monoisotopic (exact) mass is 432 g/mol. The lowest BCUT2D eigenvalue weighted by Gasteiger charge is -2.14. The number of Topliss-reactive ketones (excluding diaryl/α,β-unsaturated/α-hetero) is 1. The van der Waals surface area contributed by atoms with Crippen molar-refractivity contribution in [3.63, 3.8) is 0 Å². The Morgan fingerprint density at radius 1 is 0.774 bits per heavy atom. The molecule has 1 amide bonds. The first-order valence-corrected chi connectivity index (χ1v) is 12.1. The number of aromatic nitrogens is 1. The van der Waals surface area contributed by atoms with Gasteiger partial charge in [-0.1, -0.05) is 69.4 Å². The highest BCUT2D eigenvalue weighted by Crippen LogP contribution is 2.39. The fourth-order valence-corrected chi connectivity index (χ4v) is 5.07. The fraction of sp³-hybridized carbons (Fsp3) is 0.308. The minimum Gasteiger partial charge on any atom is -0.311 e. The molecule has 0 spiro atoms. The number of ketones is 1. The van der Waals surface area contributed by atoms with Crippen LogP contribution in [0.5, 0.6) is 0 Å². The maximum atomic E-state index is 12.9. The second kappa shape index (κ2) is 10.0. The minimum atomic E-state index is -0.497. The number of nitrogens with zero attached hydrogens (tertiary/aromatic N) is 2. The Balaban J connectivity index is 1.55. The maximum Gasteiger partial charge on any atom is 0.305 e. The molecule has 0 fully saturated rings. The highest BCUT2D eigenvalue weighted by Gasteiger charge is 2.40. The first-order valence-electron chi connectivity index (χ1n) is 11.1. The SMILES string of the molecule is CCCCCCCCSc1ccccc1-n1ccc2c1C(=O)C(=O)N2c1ccccc1. The zero-order valence-corrected chi connectivity index (χ0v) is 18.7. The second-order valence-corrected chi connectivity index (χ2v) is 8.95. The second-order valence-electron chi connectivity index (χ2n) is 7.81. The molecule has 0 saturated carbocycles. The van der Waals surface area contributed by atoms with Gasteiger partial charge in [-0.2, -0.15) is 0 Å². The molecule has 0 N–H and O–H groups in total. The summed E-state index contributed by atoms with van der Waals surface area (Å²) >= 11 is 1.82. The van der Waals surface area contributed by atoms with Crippen LogP contribution in [0.15, 0.2) is 71.8 Å². The molecule has 5 heteroatoms. The number of carbonyl (C=O) groups is 2. The van der Waals surface area contributed by atoms with Crippen LogP contribution in [0, 0.1) is 0 Å². The smallest absolute Gasteiger partial charge is 0.305 e. The van der Waals surface area contributed by atoms with Gasteiger partial charge in [0.2, 0.25) is 0 Å². The van der Waals surface area contributed by atoms with E-state index in [4.69, 9.17) is 0 Å². The zero-order valence-electron chi connectivity index (χ0n) is 17.9. The van der Waals surface area contributed by atoms with Crippen LogP contribution < -0.4 is 4.90 Å². The number of hydrogen-bond donors (Lipinski definition) is 0. The van der Waals surface area contributed by atoms with Gasteiger partial charge in [0, 0.05) is 16.8 Å². The molecule has 1 aliphatic heterocycles. The fourth-order valence-electron chi connectivity index (χ4n) is 4.02. The van der Waals surface area contributed by atoms with Crippen molar-refractivity contribution in [3.8, 4) is 5.69 Å². The molecule has 0 unspecified atom stereocenters. The summed E-state index contributed by atoms with van der Waals surface area (Å²) in [6, 6.07) is 19.3. The van der Waals surface area contributed by atoms with Crippen LogP contribution in [0.2, 0.25) is 0 Å². The molecule has 0 aliphatic carbocycles. The molecule has 1 aromatic heterocycles. The summed E-state index contributed by atoms with van der Waals surface area (Å²) in [5, 5.41) is 0. The number of rotatable bonds is 10. The van der Waals surface area contributed by atoms with E-state index < -0.39 is 11.7 Å². The van der Waals surface area contributed by atoms with Crippen LogP contribution in [-0.4, -0.2) is 22.0 Å². The lowest BCUT2D eigenvalue weighted by atomic mass is 10.1. The van der Waals surface area contributed by atoms with Gasteiger partial charge >= 0.3 is 5.91 Å². The molecule has 160 valence electrons. The highest BCUT2D eigenvalue weighted by atomic mass is 32.2. The molecule has 3 aromatic rings. The molecule has 4 rings (SSSR count). The van der Waals surface area contributed by atoms with E-state index >= 15 is 0 Å². The van der Waals surface area contributed by atoms with Crippen LogP contribution >= 0.6 is 11.8 Å². The summed E-state index contributed by atoms with van der Waals surface area (Å²) in [4.78, 5) is 28.3. The number of amides is 1. The van der Waals surface area contributed by atoms with Gasteiger partial charge in [-0.3, -0.25) is 14.5 Å². The quantitative estimate of drug-likeness (QED) is 0.201. The third kappa shape index (κ3) is 4.47. The number of carbonyl (C=O) groups excluding carboxylic acids is 2. The van der Waals surface area contributed by atoms with Crippen molar-refractivity contribution in [1.29, 1.82) is 0 Å². The molecule has 4 nitrogen and oxygen atoms in total. The number of thioether (sulfide) groups is 1. The predicted molar refractivity (Wildman–Crippen MR) is 128 cm³/mol. The summed E-state index contributed by atoms with van der Waals surface area (Å²) in [5.41, 5.74) is 2.76. The lowest BCUT2D eigenvalue weighted by Crippen LogP contribution is -2.25. The van der Waals surface area contributed by atoms with Crippen molar-refractivity contribution in [2.45, 2.75) is 50.3 Å². The van der Waals surface area contributed by atoms with Crippen LogP contribution in [-0.2, 0) is 4.79 Å². The Morgan fingerprint density at radius 2 is 1.48 bits per heavy atom. The van der Waals surface area contributed by atoms with Crippen molar-refractivity contribution in [2.75, 3.05) is 10.7 Å². The first kappa shape index (κ1) is 21.4. The van der Waals surface area contributed by atoms with Crippen LogP contribution in [0.3, 0.4) is 0 Å². The summed E-state index contributed by atoms with van der Waals surface area (Å²) in [6.07, 6.45) is 9.55. The summed E-state index contributed by atoms with van der Waals surface area (Å²) in [7, 11) is 0. The van der Waals surface area contributed by atoms with Crippen LogP contribution in [0.25, 0.3) is 5.69 Å². The van der Waals surface area contributed by atoms with Crippen LogP contribution in [0.1, 0.15) is 55.9 Å². The van der Waals surface area contributed by atoms with E-state index in [1.807, 2.05) is 77.1 Å². The molecular weight excluding hydrogens is 404 g/mol. The first-order chi connectivity index (χ1) is 15.2. The van der Waals surface area contributed by atoms with Gasteiger partial charge in [-0.15, -0.1) is 11.8 Å². The van der Waals surface area contributed by atoms with Crippen molar-refractivity contribution in [2.24, 2.45) is 0 Å². The van der Waals surface area contributed by atoms with Gasteiger partial charge in [-0.25, -0.2) is 0 Å². The topological polar surface area (TPSA) is 42.3 Å². The van der Waals surface area contributed by atoms with Crippen molar-refractivity contribution in [3.05, 3.63) is 72.6 Å². The summed E-state index contributed by atoms with van der Waals surface area (Å²) in [6.45, 7) is 2.24. The molecule has 2 heterocycles. The number of unbranched alkanes of at least 4 members (excludes halogenated alkanes) is 5. The maximum absolute atomic E-state index is 12.9. The van der Waals surface area contributed by atoms with E-state index in [0.29, 0.717) is 17.1 Å². The number of para-hydroxylation sites is 2. The van der Waals surface area contributed by atoms with E-state index in [1.165, 1.54) is 43.4 Å². The van der Waals surface area contributed by atoms with E-state index in [2.05, 4.69) is 13.0 Å². The molecule has 2 aromatic carbocycles. The number of anilines is 2. The summed E-state index contributed by atoms with van der Waals surface area (Å²) in [5.74, 6) is 0.0950. The standard InChI is InChI=1S/C26H28N2O2S/c1-2-3-4-5-6-12-19-31-23-16-11-10-15-21(23)27-18-17-22-24(27)25(29)26(30)28(22)20-13-8-7-9-14-20/h7-11,13-18H,2-6,12,19H2,1H3. The van der Waals surface area contributed by atoms with Gasteiger partial charge in [0.25, 0.3) is 5.78 Å². The van der Waals surface area contributed by atoms with Crippen molar-refractivity contribution in [1.82, 2.24) is 4.57 Å². The van der Waals surface area contributed by atoms with Gasteiger partial charge < -0.3 is 4.57 Å². The Bertz CT molecular complexity index is 1060. The highest BCUT2D eigenvalue weighted by molar-refractivity contribution is 7.99. The largest absolute Gasteiger partial charge is 0.311 e. The third-order valence-electron chi connectivity index (χ3n) is 5.61. The number of benzene rings is 2. The Morgan fingerprint density at radius 3 is 2.29 bits per heavy atom. The normalized spacial score (nSPS) is 13.1. The van der Waals surface area contributed by atoms with E-state index in [-0.39, 0.29) is 0 Å². The Kier molecular flexibility index (Phi) is 6.92.